The van der Waals surface area contributed by atoms with Crippen molar-refractivity contribution < 1.29 is 38.7 Å². The van der Waals surface area contributed by atoms with Crippen LogP contribution in [0.3, 0.4) is 0 Å². The normalized spacial score (nSPS) is 16.8. The number of methoxy groups -OCH3 is 2. The molecular formula is C90H106N2O8. The van der Waals surface area contributed by atoms with Crippen molar-refractivity contribution in [3.63, 3.8) is 0 Å². The number of hydrogen-bond donors (Lipinski definition) is 2. The zero-order chi connectivity index (χ0) is 73.1. The fourth-order valence-electron chi connectivity index (χ4n) is 14.5. The summed E-state index contributed by atoms with van der Waals surface area (Å²) in [5, 5.41) is 25.1. The monoisotopic (exact) mass is 1340 g/mol. The van der Waals surface area contributed by atoms with E-state index in [9.17, 15) is 19.8 Å². The minimum atomic E-state index is -0.528. The van der Waals surface area contributed by atoms with Crippen LogP contribution < -0.4 is 9.47 Å². The van der Waals surface area contributed by atoms with Crippen LogP contribution in [0.1, 0.15) is 265 Å². The Kier molecular flexibility index (Phi) is 18.6. The Morgan fingerprint density at radius 1 is 0.400 bits per heavy atom. The molecule has 2 aliphatic heterocycles. The number of benzene rings is 8. The average molecular weight is 1340 g/mol. The summed E-state index contributed by atoms with van der Waals surface area (Å²) in [7, 11) is 2.80. The number of nitrogens with zero attached hydrogens (tertiary/aromatic N) is 2. The van der Waals surface area contributed by atoms with E-state index in [1.54, 1.807) is 0 Å². The van der Waals surface area contributed by atoms with Crippen molar-refractivity contribution in [2.45, 2.75) is 233 Å². The topological polar surface area (TPSA) is 136 Å². The highest BCUT2D eigenvalue weighted by Crippen LogP contribution is 2.59. The molecule has 2 atom stereocenters. The van der Waals surface area contributed by atoms with Gasteiger partial charge in [0.25, 0.3) is 0 Å². The molecule has 100 heavy (non-hydrogen) atoms. The molecule has 0 amide bonds. The van der Waals surface area contributed by atoms with Crippen molar-refractivity contribution in [1.29, 1.82) is 0 Å². The van der Waals surface area contributed by atoms with Crippen LogP contribution in [0.25, 0.3) is 44.5 Å². The Balaban J connectivity index is 1.01. The summed E-state index contributed by atoms with van der Waals surface area (Å²) in [5.41, 5.74) is 17.2. The molecule has 8 aromatic carbocycles. The minimum absolute atomic E-state index is 0.181. The van der Waals surface area contributed by atoms with Crippen molar-refractivity contribution in [3.05, 3.63) is 199 Å². The molecular weight excluding hydrogens is 1240 g/mol. The summed E-state index contributed by atoms with van der Waals surface area (Å²) in [4.78, 5) is 36.2. The predicted molar refractivity (Wildman–Crippen MR) is 411 cm³/mol. The Labute approximate surface area is 595 Å². The third-order valence-electron chi connectivity index (χ3n) is 21.2. The van der Waals surface area contributed by atoms with Crippen LogP contribution in [0.15, 0.2) is 131 Å². The zero-order valence-electron chi connectivity index (χ0n) is 63.9. The Morgan fingerprint density at radius 3 is 0.920 bits per heavy atom. The van der Waals surface area contributed by atoms with E-state index >= 15 is 0 Å². The van der Waals surface area contributed by atoms with E-state index in [4.69, 9.17) is 28.9 Å². The van der Waals surface area contributed by atoms with E-state index in [-0.39, 0.29) is 45.2 Å². The number of carbonyl (C=O) groups is 2. The van der Waals surface area contributed by atoms with Gasteiger partial charge in [0.15, 0.2) is 0 Å². The van der Waals surface area contributed by atoms with E-state index in [1.165, 1.54) is 25.3 Å². The number of esters is 2. The molecule has 0 aromatic heterocycles. The van der Waals surface area contributed by atoms with Crippen LogP contribution in [-0.4, -0.2) is 60.9 Å². The van der Waals surface area contributed by atoms with Gasteiger partial charge >= 0.3 is 11.9 Å². The fraction of sp³-hybridized carbons (Fsp3) is 0.422. The highest BCUT2D eigenvalue weighted by Gasteiger charge is 2.43. The van der Waals surface area contributed by atoms with Crippen molar-refractivity contribution in [2.75, 3.05) is 14.2 Å². The molecule has 1 aliphatic carbocycles. The average Bonchev–Trinajstić information content (AvgIpc) is 0.720. The molecule has 1 fully saturated rings. The lowest BCUT2D eigenvalue weighted by molar-refractivity contribution is 0.0592. The first-order valence-corrected chi connectivity index (χ1v) is 35.7. The SMILES string of the molecule is COC(=O)c1ccc(-c2cc(C(C)(C)C)cc3c2Oc2c(-c4cc(C=N[C@@H]5CCCC[C@H]5N=Cc5cc(-c6cc(C(C)(C)C)cc7c6Oc6c(-c8ccc(C(=O)OC)cc8)cc(C(C)(C)C)cc6C7(C)C)cc(C(C)(C)C)c5O)c(O)c(C(C)(C)C)c4)cc(C(C)(C)C)cc2C3(C)C)cc1. The first-order valence-electron chi connectivity index (χ1n) is 35.7. The number of carbonyl (C=O) groups excluding carboxylic acids is 2. The van der Waals surface area contributed by atoms with Gasteiger partial charge in [-0.3, -0.25) is 9.98 Å². The maximum atomic E-state index is 12.7. The van der Waals surface area contributed by atoms with Crippen molar-refractivity contribution in [2.24, 2.45) is 9.98 Å². The highest BCUT2D eigenvalue weighted by molar-refractivity contribution is 5.94. The number of ether oxygens (including phenoxy) is 4. The first-order chi connectivity index (χ1) is 46.4. The lowest BCUT2D eigenvalue weighted by atomic mass is 9.70. The van der Waals surface area contributed by atoms with Crippen LogP contribution in [0.5, 0.6) is 34.5 Å². The molecule has 0 radical (unpaired) electrons. The van der Waals surface area contributed by atoms with Crippen LogP contribution in [0, 0.1) is 0 Å². The van der Waals surface area contributed by atoms with E-state index in [1.807, 2.05) is 61.0 Å². The van der Waals surface area contributed by atoms with E-state index < -0.39 is 33.6 Å². The van der Waals surface area contributed by atoms with E-state index in [0.29, 0.717) is 22.3 Å². The third kappa shape index (κ3) is 13.8. The van der Waals surface area contributed by atoms with Crippen molar-refractivity contribution in [3.8, 4) is 79.0 Å². The number of aromatic hydroxyl groups is 2. The minimum Gasteiger partial charge on any atom is -0.507 e. The molecule has 11 rings (SSSR count). The van der Waals surface area contributed by atoms with Crippen LogP contribution >= 0.6 is 0 Å². The second-order valence-electron chi connectivity index (χ2n) is 35.6. The largest absolute Gasteiger partial charge is 0.507 e. The molecule has 1 saturated carbocycles. The van der Waals surface area contributed by atoms with Crippen molar-refractivity contribution in [1.82, 2.24) is 0 Å². The Morgan fingerprint density at radius 2 is 0.670 bits per heavy atom. The predicted octanol–water partition coefficient (Wildman–Crippen LogP) is 22.8. The van der Waals surface area contributed by atoms with E-state index in [2.05, 4.69) is 225 Å². The number of phenols is 2. The molecule has 0 unspecified atom stereocenters. The van der Waals surface area contributed by atoms with Crippen molar-refractivity contribution >= 4 is 24.4 Å². The summed E-state index contributed by atoms with van der Waals surface area (Å²) in [6.45, 7) is 48.9. The number of rotatable bonds is 10. The van der Waals surface area contributed by atoms with Gasteiger partial charge in [-0.2, -0.15) is 0 Å². The zero-order valence-corrected chi connectivity index (χ0v) is 63.9. The highest BCUT2D eigenvalue weighted by atomic mass is 16.5. The maximum absolute atomic E-state index is 12.7. The summed E-state index contributed by atoms with van der Waals surface area (Å²) >= 11 is 0. The van der Waals surface area contributed by atoms with Gasteiger partial charge in [0.1, 0.15) is 34.5 Å². The maximum Gasteiger partial charge on any atom is 0.337 e. The van der Waals surface area contributed by atoms with Gasteiger partial charge in [0.2, 0.25) is 0 Å². The van der Waals surface area contributed by atoms with E-state index in [0.717, 1.165) is 138 Å². The van der Waals surface area contributed by atoms with Crippen LogP contribution in [0.2, 0.25) is 0 Å². The number of aliphatic imine (C=N–C) groups is 2. The van der Waals surface area contributed by atoms with Crippen LogP contribution in [-0.2, 0) is 52.8 Å². The summed E-state index contributed by atoms with van der Waals surface area (Å²) in [6, 6.07) is 41.4. The van der Waals surface area contributed by atoms with Gasteiger partial charge in [-0.1, -0.05) is 214 Å². The molecule has 10 heteroatoms. The van der Waals surface area contributed by atoms with Gasteiger partial charge in [-0.25, -0.2) is 9.59 Å². The second-order valence-corrected chi connectivity index (χ2v) is 35.6. The molecule has 0 bridgehead atoms. The van der Waals surface area contributed by atoms with Gasteiger partial charge in [-0.15, -0.1) is 0 Å². The third-order valence-corrected chi connectivity index (χ3v) is 21.2. The van der Waals surface area contributed by atoms with Gasteiger partial charge in [0.05, 0.1) is 37.4 Å². The number of hydrogen-bond acceptors (Lipinski definition) is 10. The molecule has 8 aromatic rings. The standard InChI is InChI=1S/C90H106N2O8/c1-83(2,3)59-41-63(51-29-33-53(34-30-51)81(95)97-23)77-69(45-59)89(19,20)71-47-61(85(7,8)9)43-65(79(71)99-77)55-37-57(75(93)67(39-55)87(13,14)15)49-91-73-27-25-26-28-74(73)92-50-58-38-56(40-68(76(58)94)88(16,17)18)66-44-62(86(10,11)12)48-72-80(66)100-78-64(52-31-35-54(36-32-52)82(96)98-24)42-60(84(4,5)6)46-70(78)90(72,21)22/h29-50,73-74,93-94H,25-28H2,1-24H3/t73-,74-/m1/s1. The second kappa shape index (κ2) is 25.7. The molecule has 524 valence electrons. The number of phenolic OH excluding ortho intramolecular Hbond substituents is 2. The molecule has 0 saturated heterocycles. The fourth-order valence-corrected chi connectivity index (χ4v) is 14.5. The molecule has 0 spiro atoms. The van der Waals surface area contributed by atoms with Gasteiger partial charge < -0.3 is 29.2 Å². The van der Waals surface area contributed by atoms with Gasteiger partial charge in [0, 0.05) is 90.0 Å². The molecule has 2 heterocycles. The summed E-state index contributed by atoms with van der Waals surface area (Å²) in [6.07, 6.45) is 7.28. The molecule has 3 aliphatic rings. The first kappa shape index (κ1) is 72.5. The molecule has 10 nitrogen and oxygen atoms in total. The smallest absolute Gasteiger partial charge is 0.337 e. The van der Waals surface area contributed by atoms with Crippen LogP contribution in [0.4, 0.5) is 0 Å². The quantitative estimate of drug-likeness (QED) is 0.102. The molecule has 2 N–H and O–H groups in total. The van der Waals surface area contributed by atoms with Gasteiger partial charge in [-0.05, 0) is 163 Å². The summed E-state index contributed by atoms with van der Waals surface area (Å²) in [5.74, 6) is 2.62. The Hall–Kier alpha value is -8.76. The Bertz CT molecular complexity index is 4320. The lowest BCUT2D eigenvalue weighted by Gasteiger charge is -2.39. The summed E-state index contributed by atoms with van der Waals surface area (Å²) < 4.78 is 25.1. The number of fused-ring (bicyclic) bond motifs is 4. The lowest BCUT2D eigenvalue weighted by Crippen LogP contribution is -2.28.